The van der Waals surface area contributed by atoms with Gasteiger partial charge in [0.25, 0.3) is 0 Å². The number of anilines is 1. The fraction of sp³-hybridized carbons (Fsp3) is 0.143. The standard InChI is InChI=1S/C14H14BrFN2O2S/c1-9(10-3-2-4-11(15)7-10)18-21(19,20)12-5-6-14(17)13(16)8-12/h2-9,18H,17H2,1H3. The van der Waals surface area contributed by atoms with Crippen molar-refractivity contribution in [2.45, 2.75) is 17.9 Å². The second-order valence-electron chi connectivity index (χ2n) is 4.58. The van der Waals surface area contributed by atoms with Crippen LogP contribution < -0.4 is 10.5 Å². The monoisotopic (exact) mass is 372 g/mol. The first-order valence-corrected chi connectivity index (χ1v) is 8.40. The molecule has 1 atom stereocenters. The largest absolute Gasteiger partial charge is 0.396 e. The Kier molecular flexibility index (Phi) is 4.65. The molecule has 0 bridgehead atoms. The summed E-state index contributed by atoms with van der Waals surface area (Å²) in [5, 5.41) is 0. The van der Waals surface area contributed by atoms with Crippen LogP contribution >= 0.6 is 15.9 Å². The molecular formula is C14H14BrFN2O2S. The van der Waals surface area contributed by atoms with Crippen molar-refractivity contribution in [2.24, 2.45) is 0 Å². The number of hydrogen-bond donors (Lipinski definition) is 2. The summed E-state index contributed by atoms with van der Waals surface area (Å²) in [7, 11) is -3.82. The summed E-state index contributed by atoms with van der Waals surface area (Å²) in [5.41, 5.74) is 6.05. The van der Waals surface area contributed by atoms with E-state index in [0.717, 1.165) is 16.1 Å². The minimum absolute atomic E-state index is 0.0889. The highest BCUT2D eigenvalue weighted by atomic mass is 79.9. The minimum atomic E-state index is -3.82. The van der Waals surface area contributed by atoms with Crippen LogP contribution in [0.4, 0.5) is 10.1 Å². The summed E-state index contributed by atoms with van der Waals surface area (Å²) in [6, 6.07) is 10.2. The quantitative estimate of drug-likeness (QED) is 0.809. The number of nitrogen functional groups attached to an aromatic ring is 1. The highest BCUT2D eigenvalue weighted by Gasteiger charge is 2.19. The van der Waals surface area contributed by atoms with Crippen molar-refractivity contribution in [2.75, 3.05) is 5.73 Å². The summed E-state index contributed by atoms with van der Waals surface area (Å²) >= 11 is 3.33. The van der Waals surface area contributed by atoms with Crippen molar-refractivity contribution in [3.05, 3.63) is 58.3 Å². The maximum atomic E-state index is 13.4. The molecule has 0 aliphatic rings. The van der Waals surface area contributed by atoms with Gasteiger partial charge in [0.05, 0.1) is 10.6 Å². The Morgan fingerprint density at radius 2 is 1.95 bits per heavy atom. The normalized spacial score (nSPS) is 13.1. The molecule has 0 radical (unpaired) electrons. The van der Waals surface area contributed by atoms with E-state index in [-0.39, 0.29) is 10.6 Å². The van der Waals surface area contributed by atoms with Gasteiger partial charge in [-0.2, -0.15) is 0 Å². The van der Waals surface area contributed by atoms with Gasteiger partial charge >= 0.3 is 0 Å². The van der Waals surface area contributed by atoms with Gasteiger partial charge in [-0.25, -0.2) is 17.5 Å². The van der Waals surface area contributed by atoms with Gasteiger partial charge < -0.3 is 5.73 Å². The van der Waals surface area contributed by atoms with E-state index in [1.54, 1.807) is 6.92 Å². The minimum Gasteiger partial charge on any atom is -0.396 e. The van der Waals surface area contributed by atoms with E-state index < -0.39 is 21.9 Å². The van der Waals surface area contributed by atoms with Crippen LogP contribution in [-0.2, 0) is 10.0 Å². The Morgan fingerprint density at radius 1 is 1.24 bits per heavy atom. The molecule has 0 amide bonds. The summed E-state index contributed by atoms with van der Waals surface area (Å²) in [5.74, 6) is -0.756. The molecule has 1 unspecified atom stereocenters. The number of sulfonamides is 1. The van der Waals surface area contributed by atoms with Crippen molar-refractivity contribution in [3.63, 3.8) is 0 Å². The highest BCUT2D eigenvalue weighted by molar-refractivity contribution is 9.10. The van der Waals surface area contributed by atoms with Gasteiger partial charge in [-0.1, -0.05) is 28.1 Å². The average molecular weight is 373 g/mol. The van der Waals surface area contributed by atoms with Crippen LogP contribution in [0.1, 0.15) is 18.5 Å². The highest BCUT2D eigenvalue weighted by Crippen LogP contribution is 2.21. The Balaban J connectivity index is 2.26. The van der Waals surface area contributed by atoms with Crippen LogP contribution in [-0.4, -0.2) is 8.42 Å². The molecule has 3 N–H and O–H groups in total. The molecule has 112 valence electrons. The summed E-state index contributed by atoms with van der Waals surface area (Å²) < 4.78 is 41.2. The van der Waals surface area contributed by atoms with Crippen molar-refractivity contribution in [1.82, 2.24) is 4.72 Å². The van der Waals surface area contributed by atoms with Crippen molar-refractivity contribution in [1.29, 1.82) is 0 Å². The van der Waals surface area contributed by atoms with Crippen LogP contribution in [0.25, 0.3) is 0 Å². The van der Waals surface area contributed by atoms with Gasteiger partial charge in [-0.15, -0.1) is 0 Å². The zero-order chi connectivity index (χ0) is 15.6. The van der Waals surface area contributed by atoms with Gasteiger partial charge in [-0.3, -0.25) is 0 Å². The fourth-order valence-electron chi connectivity index (χ4n) is 1.82. The first kappa shape index (κ1) is 15.9. The van der Waals surface area contributed by atoms with Gasteiger partial charge in [-0.05, 0) is 42.8 Å². The third-order valence-corrected chi connectivity index (χ3v) is 4.99. The van der Waals surface area contributed by atoms with Crippen molar-refractivity contribution < 1.29 is 12.8 Å². The molecule has 2 aromatic rings. The van der Waals surface area contributed by atoms with E-state index in [2.05, 4.69) is 20.7 Å². The molecule has 2 aromatic carbocycles. The Hall–Kier alpha value is -1.44. The number of benzene rings is 2. The number of rotatable bonds is 4. The molecule has 4 nitrogen and oxygen atoms in total. The lowest BCUT2D eigenvalue weighted by atomic mass is 10.1. The lowest BCUT2D eigenvalue weighted by Gasteiger charge is -2.15. The number of nitrogens with one attached hydrogen (secondary N) is 1. The van der Waals surface area contributed by atoms with Crippen LogP contribution in [0.15, 0.2) is 51.8 Å². The van der Waals surface area contributed by atoms with Crippen LogP contribution in [0.3, 0.4) is 0 Å². The van der Waals surface area contributed by atoms with Gasteiger partial charge in [0, 0.05) is 10.5 Å². The molecule has 0 saturated carbocycles. The third-order valence-electron chi connectivity index (χ3n) is 2.96. The van der Waals surface area contributed by atoms with E-state index in [9.17, 15) is 12.8 Å². The van der Waals surface area contributed by atoms with E-state index in [1.807, 2.05) is 24.3 Å². The number of hydrogen-bond acceptors (Lipinski definition) is 3. The molecule has 0 heterocycles. The lowest BCUT2D eigenvalue weighted by molar-refractivity contribution is 0.564. The molecule has 0 spiro atoms. The smallest absolute Gasteiger partial charge is 0.241 e. The predicted molar refractivity (Wildman–Crippen MR) is 83.7 cm³/mol. The SMILES string of the molecule is CC(NS(=O)(=O)c1ccc(N)c(F)c1)c1cccc(Br)c1. The first-order chi connectivity index (χ1) is 9.79. The molecule has 0 aliphatic heterocycles. The second-order valence-corrected chi connectivity index (χ2v) is 7.21. The summed E-state index contributed by atoms with van der Waals surface area (Å²) in [6.45, 7) is 1.72. The maximum Gasteiger partial charge on any atom is 0.241 e. The molecule has 0 fully saturated rings. The Bertz CT molecular complexity index is 765. The van der Waals surface area contributed by atoms with Crippen LogP contribution in [0, 0.1) is 5.82 Å². The topological polar surface area (TPSA) is 72.2 Å². The number of nitrogens with two attached hydrogens (primary N) is 1. The van der Waals surface area contributed by atoms with Crippen LogP contribution in [0.5, 0.6) is 0 Å². The average Bonchev–Trinajstić information content (AvgIpc) is 2.41. The third kappa shape index (κ3) is 3.81. The molecule has 21 heavy (non-hydrogen) atoms. The Morgan fingerprint density at radius 3 is 2.57 bits per heavy atom. The zero-order valence-electron chi connectivity index (χ0n) is 11.2. The van der Waals surface area contributed by atoms with Crippen molar-refractivity contribution in [3.8, 4) is 0 Å². The fourth-order valence-corrected chi connectivity index (χ4v) is 3.48. The molecule has 0 saturated heterocycles. The second kappa shape index (κ2) is 6.13. The predicted octanol–water partition coefficient (Wildman–Crippen LogP) is 3.21. The lowest BCUT2D eigenvalue weighted by Crippen LogP contribution is -2.27. The van der Waals surface area contributed by atoms with E-state index in [4.69, 9.17) is 5.73 Å². The molecule has 0 aromatic heterocycles. The zero-order valence-corrected chi connectivity index (χ0v) is 13.6. The summed E-state index contributed by atoms with van der Waals surface area (Å²) in [4.78, 5) is -0.156. The Labute approximate surface area is 131 Å². The molecular weight excluding hydrogens is 359 g/mol. The summed E-state index contributed by atoms with van der Waals surface area (Å²) in [6.07, 6.45) is 0. The van der Waals surface area contributed by atoms with Crippen molar-refractivity contribution >= 4 is 31.6 Å². The van der Waals surface area contributed by atoms with Gasteiger partial charge in [0.15, 0.2) is 0 Å². The molecule has 0 aliphatic carbocycles. The van der Waals surface area contributed by atoms with E-state index in [1.165, 1.54) is 12.1 Å². The van der Waals surface area contributed by atoms with Gasteiger partial charge in [0.2, 0.25) is 10.0 Å². The van der Waals surface area contributed by atoms with Gasteiger partial charge in [0.1, 0.15) is 5.82 Å². The molecule has 7 heteroatoms. The molecule has 2 rings (SSSR count). The number of halogens is 2. The first-order valence-electron chi connectivity index (χ1n) is 6.12. The van der Waals surface area contributed by atoms with Crippen LogP contribution in [0.2, 0.25) is 0 Å². The van der Waals surface area contributed by atoms with E-state index >= 15 is 0 Å². The van der Waals surface area contributed by atoms with E-state index in [0.29, 0.717) is 0 Å². The maximum absolute atomic E-state index is 13.4.